The second-order valence-corrected chi connectivity index (χ2v) is 4.58. The van der Waals surface area contributed by atoms with E-state index in [-0.39, 0.29) is 24.5 Å². The van der Waals surface area contributed by atoms with Crippen LogP contribution in [0.4, 0.5) is 10.1 Å². The van der Waals surface area contributed by atoms with E-state index in [2.05, 4.69) is 0 Å². The van der Waals surface area contributed by atoms with Crippen molar-refractivity contribution in [3.05, 3.63) is 29.6 Å². The summed E-state index contributed by atoms with van der Waals surface area (Å²) in [6, 6.07) is 3.31. The zero-order chi connectivity index (χ0) is 17.6. The van der Waals surface area contributed by atoms with Gasteiger partial charge >= 0.3 is 17.9 Å². The van der Waals surface area contributed by atoms with Crippen LogP contribution in [0.3, 0.4) is 0 Å². The minimum Gasteiger partial charge on any atom is -0.481 e. The van der Waals surface area contributed by atoms with Crippen molar-refractivity contribution in [2.24, 2.45) is 5.92 Å². The summed E-state index contributed by atoms with van der Waals surface area (Å²) < 4.78 is 23.5. The molecule has 23 heavy (non-hydrogen) atoms. The first-order chi connectivity index (χ1) is 10.8. The van der Waals surface area contributed by atoms with Gasteiger partial charge in [0.15, 0.2) is 5.92 Å². The number of hydrogen-bond donors (Lipinski definition) is 2. The third kappa shape index (κ3) is 4.41. The highest BCUT2D eigenvalue weighted by Gasteiger charge is 2.44. The van der Waals surface area contributed by atoms with Crippen LogP contribution in [0.1, 0.15) is 25.3 Å². The fourth-order valence-corrected chi connectivity index (χ4v) is 2.08. The summed E-state index contributed by atoms with van der Waals surface area (Å²) in [7, 11) is 0. The van der Waals surface area contributed by atoms with Crippen LogP contribution < -0.4 is 5.73 Å². The minimum absolute atomic E-state index is 0.0642. The molecule has 0 aliphatic heterocycles. The largest absolute Gasteiger partial charge is 0.481 e. The summed E-state index contributed by atoms with van der Waals surface area (Å²) in [5.41, 5.74) is 5.16. The predicted molar refractivity (Wildman–Crippen MR) is 77.9 cm³/mol. The summed E-state index contributed by atoms with van der Waals surface area (Å²) in [5.74, 6) is -8.26. The molecule has 0 aliphatic rings. The highest BCUT2D eigenvalue weighted by Crippen LogP contribution is 2.30. The molecule has 0 aliphatic carbocycles. The summed E-state index contributed by atoms with van der Waals surface area (Å²) in [4.78, 5) is 35.6. The maximum absolute atomic E-state index is 14.1. The van der Waals surface area contributed by atoms with Gasteiger partial charge in [0, 0.05) is 11.3 Å². The number of anilines is 1. The molecule has 1 rings (SSSR count). The van der Waals surface area contributed by atoms with Gasteiger partial charge in [0.25, 0.3) is 0 Å². The molecule has 0 bridgehead atoms. The average Bonchev–Trinajstić information content (AvgIpc) is 2.45. The quantitative estimate of drug-likeness (QED) is 0.441. The number of carbonyl (C=O) groups excluding carboxylic acids is 2. The number of hydrogen-bond acceptors (Lipinski definition) is 6. The van der Waals surface area contributed by atoms with Gasteiger partial charge in [0.1, 0.15) is 11.7 Å². The molecule has 0 aromatic heterocycles. The van der Waals surface area contributed by atoms with E-state index in [0.717, 1.165) is 12.1 Å². The van der Waals surface area contributed by atoms with Crippen LogP contribution in [0.15, 0.2) is 18.2 Å². The molecule has 1 unspecified atom stereocenters. The molecule has 126 valence electrons. The van der Waals surface area contributed by atoms with E-state index in [1.165, 1.54) is 19.9 Å². The van der Waals surface area contributed by atoms with Crippen molar-refractivity contribution in [3.63, 3.8) is 0 Å². The van der Waals surface area contributed by atoms with Gasteiger partial charge < -0.3 is 20.3 Å². The molecule has 0 saturated heterocycles. The van der Waals surface area contributed by atoms with Gasteiger partial charge in [-0.2, -0.15) is 0 Å². The van der Waals surface area contributed by atoms with Crippen molar-refractivity contribution in [2.45, 2.75) is 19.8 Å². The van der Waals surface area contributed by atoms with Gasteiger partial charge in [0.2, 0.25) is 0 Å². The first kappa shape index (κ1) is 18.4. The number of carboxylic acids is 1. The van der Waals surface area contributed by atoms with Crippen molar-refractivity contribution < 1.29 is 33.4 Å². The number of nitrogens with two attached hydrogens (primary N) is 1. The lowest BCUT2D eigenvalue weighted by molar-refractivity contribution is -0.167. The van der Waals surface area contributed by atoms with Crippen molar-refractivity contribution in [3.8, 4) is 0 Å². The molecule has 8 heteroatoms. The Hall–Kier alpha value is -2.64. The van der Waals surface area contributed by atoms with E-state index >= 15 is 0 Å². The lowest BCUT2D eigenvalue weighted by Gasteiger charge is -2.21. The number of aliphatic carboxylic acids is 1. The zero-order valence-electron chi connectivity index (χ0n) is 12.7. The van der Waals surface area contributed by atoms with E-state index in [0.29, 0.717) is 0 Å². The minimum atomic E-state index is -1.81. The van der Waals surface area contributed by atoms with Gasteiger partial charge in [-0.25, -0.2) is 4.39 Å². The summed E-state index contributed by atoms with van der Waals surface area (Å²) >= 11 is 0. The SMILES string of the molecule is CCOC(=O)C(C(=O)OCC)C(C(=O)O)c1ccc(N)cc1F. The monoisotopic (exact) mass is 327 g/mol. The molecule has 0 spiro atoms. The number of halogens is 1. The van der Waals surface area contributed by atoms with Crippen LogP contribution in [0.25, 0.3) is 0 Å². The topological polar surface area (TPSA) is 116 Å². The van der Waals surface area contributed by atoms with Crippen LogP contribution in [0.5, 0.6) is 0 Å². The number of rotatable bonds is 7. The Morgan fingerprint density at radius 3 is 2.09 bits per heavy atom. The third-order valence-corrected chi connectivity index (χ3v) is 3.04. The van der Waals surface area contributed by atoms with Crippen LogP contribution in [0.2, 0.25) is 0 Å². The van der Waals surface area contributed by atoms with Crippen molar-refractivity contribution >= 4 is 23.6 Å². The highest BCUT2D eigenvalue weighted by molar-refractivity contribution is 6.01. The maximum atomic E-state index is 14.1. The molecular weight excluding hydrogens is 309 g/mol. The number of ether oxygens (including phenoxy) is 2. The van der Waals surface area contributed by atoms with Crippen LogP contribution in [-0.4, -0.2) is 36.2 Å². The van der Waals surface area contributed by atoms with Gasteiger partial charge in [-0.1, -0.05) is 6.07 Å². The predicted octanol–water partition coefficient (Wildman–Crippen LogP) is 1.32. The molecule has 3 N–H and O–H groups in total. The molecule has 0 heterocycles. The Morgan fingerprint density at radius 1 is 1.17 bits per heavy atom. The molecule has 7 nitrogen and oxygen atoms in total. The van der Waals surface area contributed by atoms with Crippen molar-refractivity contribution in [1.29, 1.82) is 0 Å². The summed E-state index contributed by atoms with van der Waals surface area (Å²) in [6.45, 7) is 2.87. The first-order valence-electron chi connectivity index (χ1n) is 6.94. The number of carboxylic acid groups (broad SMARTS) is 1. The lowest BCUT2D eigenvalue weighted by Crippen LogP contribution is -2.37. The number of nitrogen functional groups attached to an aromatic ring is 1. The van der Waals surface area contributed by atoms with Gasteiger partial charge in [-0.05, 0) is 26.0 Å². The molecule has 1 aromatic carbocycles. The Labute approximate surface area is 132 Å². The Kier molecular flexibility index (Phi) is 6.49. The fourth-order valence-electron chi connectivity index (χ4n) is 2.08. The first-order valence-corrected chi connectivity index (χ1v) is 6.94. The van der Waals surface area contributed by atoms with Crippen LogP contribution in [-0.2, 0) is 23.9 Å². The average molecular weight is 327 g/mol. The fraction of sp³-hybridized carbons (Fsp3) is 0.400. The number of esters is 2. The Morgan fingerprint density at radius 2 is 1.70 bits per heavy atom. The third-order valence-electron chi connectivity index (χ3n) is 3.04. The van der Waals surface area contributed by atoms with Crippen LogP contribution in [0, 0.1) is 11.7 Å². The Bertz CT molecular complexity index is 586. The second-order valence-electron chi connectivity index (χ2n) is 4.58. The van der Waals surface area contributed by atoms with E-state index < -0.39 is 35.6 Å². The van der Waals surface area contributed by atoms with Gasteiger partial charge in [-0.3, -0.25) is 14.4 Å². The van der Waals surface area contributed by atoms with Crippen molar-refractivity contribution in [2.75, 3.05) is 18.9 Å². The summed E-state index contributed by atoms with van der Waals surface area (Å²) in [6.07, 6.45) is 0. The maximum Gasteiger partial charge on any atom is 0.321 e. The second kappa shape index (κ2) is 8.11. The van der Waals surface area contributed by atoms with Crippen molar-refractivity contribution in [1.82, 2.24) is 0 Å². The highest BCUT2D eigenvalue weighted by atomic mass is 19.1. The molecular formula is C15H18FNO6. The molecule has 1 atom stereocenters. The molecule has 0 fully saturated rings. The van der Waals surface area contributed by atoms with E-state index in [1.54, 1.807) is 0 Å². The zero-order valence-corrected chi connectivity index (χ0v) is 12.7. The summed E-state index contributed by atoms with van der Waals surface area (Å²) in [5, 5.41) is 9.41. The standard InChI is InChI=1S/C15H18FNO6/c1-3-22-14(20)12(15(21)23-4-2)11(13(18)19)9-6-5-8(17)7-10(9)16/h5-7,11-12H,3-4,17H2,1-2H3,(H,18,19). The molecule has 0 amide bonds. The van der Waals surface area contributed by atoms with Gasteiger partial charge in [-0.15, -0.1) is 0 Å². The smallest absolute Gasteiger partial charge is 0.321 e. The Balaban J connectivity index is 3.37. The molecule has 0 saturated carbocycles. The van der Waals surface area contributed by atoms with Crippen LogP contribution >= 0.6 is 0 Å². The number of benzene rings is 1. The van der Waals surface area contributed by atoms with E-state index in [9.17, 15) is 23.9 Å². The van der Waals surface area contributed by atoms with Gasteiger partial charge in [0.05, 0.1) is 13.2 Å². The number of carbonyl (C=O) groups is 3. The molecule has 1 aromatic rings. The van der Waals surface area contributed by atoms with E-state index in [4.69, 9.17) is 15.2 Å². The molecule has 0 radical (unpaired) electrons. The normalized spacial score (nSPS) is 11.8. The van der Waals surface area contributed by atoms with E-state index in [1.807, 2.05) is 0 Å². The lowest BCUT2D eigenvalue weighted by atomic mass is 9.85.